The number of nitrogens with zero attached hydrogens (tertiary/aromatic N) is 1. The van der Waals surface area contributed by atoms with Crippen molar-refractivity contribution >= 4 is 33.3 Å². The van der Waals surface area contributed by atoms with Crippen LogP contribution in [0, 0.1) is 5.92 Å². The molecule has 0 saturated carbocycles. The maximum Gasteiger partial charge on any atom is 0.259 e. The Morgan fingerprint density at radius 3 is 3.04 bits per heavy atom. The Bertz CT molecular complexity index is 1090. The van der Waals surface area contributed by atoms with E-state index in [2.05, 4.69) is 48.4 Å². The number of nitrogens with one attached hydrogen (secondary N) is 2. The van der Waals surface area contributed by atoms with Crippen LogP contribution in [0.3, 0.4) is 0 Å². The van der Waals surface area contributed by atoms with Crippen molar-refractivity contribution < 1.29 is 0 Å². The summed E-state index contributed by atoms with van der Waals surface area (Å²) in [6, 6.07) is 8.90. The summed E-state index contributed by atoms with van der Waals surface area (Å²) in [7, 11) is 0. The maximum absolute atomic E-state index is 12.9. The van der Waals surface area contributed by atoms with Crippen molar-refractivity contribution in [3.8, 4) is 0 Å². The number of hydrogen-bond acceptors (Lipinski definition) is 5. The molecule has 2 aliphatic rings. The summed E-state index contributed by atoms with van der Waals surface area (Å²) in [4.78, 5) is 24.5. The van der Waals surface area contributed by atoms with Crippen molar-refractivity contribution in [2.45, 2.75) is 56.5 Å². The van der Waals surface area contributed by atoms with Crippen molar-refractivity contribution in [1.82, 2.24) is 15.3 Å². The number of aryl methyl sites for hydroxylation is 1. The second kappa shape index (κ2) is 7.32. The Hall–Kier alpha value is -1.63. The van der Waals surface area contributed by atoms with Crippen LogP contribution in [-0.2, 0) is 12.8 Å². The van der Waals surface area contributed by atoms with Gasteiger partial charge in [0.2, 0.25) is 0 Å². The van der Waals surface area contributed by atoms with Gasteiger partial charge >= 0.3 is 0 Å². The lowest BCUT2D eigenvalue weighted by Crippen LogP contribution is -2.29. The molecule has 2 aromatic heterocycles. The molecule has 3 heterocycles. The topological polar surface area (TPSA) is 57.8 Å². The molecule has 28 heavy (non-hydrogen) atoms. The van der Waals surface area contributed by atoms with Crippen LogP contribution in [0.4, 0.5) is 0 Å². The number of H-pyrrole nitrogens is 1. The lowest BCUT2D eigenvalue weighted by atomic mass is 9.89. The lowest BCUT2D eigenvalue weighted by molar-refractivity contribution is 0.437. The van der Waals surface area contributed by atoms with E-state index in [1.165, 1.54) is 20.9 Å². The molecule has 0 unspecified atom stereocenters. The number of fused-ring (bicyclic) bond motifs is 4. The van der Waals surface area contributed by atoms with Gasteiger partial charge in [-0.1, -0.05) is 25.1 Å². The van der Waals surface area contributed by atoms with Crippen molar-refractivity contribution in [2.24, 2.45) is 5.92 Å². The molecule has 0 fully saturated rings. The van der Waals surface area contributed by atoms with E-state index in [4.69, 9.17) is 4.98 Å². The van der Waals surface area contributed by atoms with Crippen LogP contribution < -0.4 is 10.9 Å². The molecule has 1 aromatic carbocycles. The molecular formula is C22H25N3OS2. The number of thioether (sulfide) groups is 1. The summed E-state index contributed by atoms with van der Waals surface area (Å²) in [5.74, 6) is 2.56. The van der Waals surface area contributed by atoms with E-state index in [0.29, 0.717) is 12.0 Å². The highest BCUT2D eigenvalue weighted by Gasteiger charge is 2.26. The van der Waals surface area contributed by atoms with Crippen LogP contribution >= 0.6 is 23.1 Å². The maximum atomic E-state index is 12.9. The van der Waals surface area contributed by atoms with E-state index in [9.17, 15) is 4.79 Å². The molecule has 3 aromatic rings. The minimum absolute atomic E-state index is 0.00342. The van der Waals surface area contributed by atoms with Crippen LogP contribution in [0.5, 0.6) is 0 Å². The fourth-order valence-corrected chi connectivity index (χ4v) is 6.98. The Morgan fingerprint density at radius 2 is 2.14 bits per heavy atom. The Kier molecular flexibility index (Phi) is 4.81. The molecule has 6 heteroatoms. The molecule has 0 saturated heterocycles. The van der Waals surface area contributed by atoms with E-state index in [1.54, 1.807) is 11.3 Å². The molecule has 3 atom stereocenters. The molecule has 1 aliphatic carbocycles. The fourth-order valence-electron chi connectivity index (χ4n) is 4.47. The van der Waals surface area contributed by atoms with Crippen molar-refractivity contribution in [2.75, 3.05) is 5.75 Å². The van der Waals surface area contributed by atoms with Crippen LogP contribution in [0.25, 0.3) is 10.2 Å². The smallest absolute Gasteiger partial charge is 0.259 e. The summed E-state index contributed by atoms with van der Waals surface area (Å²) in [6.07, 6.45) is 4.33. The first-order valence-corrected chi connectivity index (χ1v) is 11.9. The van der Waals surface area contributed by atoms with Crippen molar-refractivity contribution in [3.63, 3.8) is 0 Å². The van der Waals surface area contributed by atoms with Gasteiger partial charge in [0.1, 0.15) is 10.7 Å². The van der Waals surface area contributed by atoms with Gasteiger partial charge in [0.05, 0.1) is 11.4 Å². The molecule has 0 spiro atoms. The molecule has 0 bridgehead atoms. The van der Waals surface area contributed by atoms with E-state index in [-0.39, 0.29) is 11.6 Å². The summed E-state index contributed by atoms with van der Waals surface area (Å²) in [5, 5.41) is 4.55. The third-order valence-corrected chi connectivity index (χ3v) is 8.27. The number of hydrogen-bond donors (Lipinski definition) is 2. The van der Waals surface area contributed by atoms with Gasteiger partial charge in [-0.05, 0) is 61.5 Å². The molecular weight excluding hydrogens is 386 g/mol. The van der Waals surface area contributed by atoms with E-state index < -0.39 is 0 Å². The normalized spacial score (nSPS) is 22.6. The molecule has 0 amide bonds. The van der Waals surface area contributed by atoms with Gasteiger partial charge in [0.25, 0.3) is 5.56 Å². The zero-order valence-electron chi connectivity index (χ0n) is 16.2. The quantitative estimate of drug-likeness (QED) is 0.637. The van der Waals surface area contributed by atoms with Crippen LogP contribution in [0.2, 0.25) is 0 Å². The fraction of sp³-hybridized carbons (Fsp3) is 0.455. The van der Waals surface area contributed by atoms with Gasteiger partial charge < -0.3 is 10.3 Å². The van der Waals surface area contributed by atoms with Crippen LogP contribution in [-0.4, -0.2) is 15.7 Å². The minimum atomic E-state index is -0.00342. The van der Waals surface area contributed by atoms with Crippen LogP contribution in [0.1, 0.15) is 60.6 Å². The van der Waals surface area contributed by atoms with E-state index >= 15 is 0 Å². The predicted molar refractivity (Wildman–Crippen MR) is 118 cm³/mol. The van der Waals surface area contributed by atoms with Crippen LogP contribution in [0.15, 0.2) is 34.0 Å². The zero-order chi connectivity index (χ0) is 19.3. The summed E-state index contributed by atoms with van der Waals surface area (Å²) in [5.41, 5.74) is 2.63. The van der Waals surface area contributed by atoms with Gasteiger partial charge in [-0.15, -0.1) is 23.1 Å². The average Bonchev–Trinajstić information content (AvgIpc) is 3.06. The van der Waals surface area contributed by atoms with Gasteiger partial charge in [-0.25, -0.2) is 4.98 Å². The summed E-state index contributed by atoms with van der Waals surface area (Å²) >= 11 is 3.64. The molecule has 5 rings (SSSR count). The highest BCUT2D eigenvalue weighted by atomic mass is 32.2. The second-order valence-corrected chi connectivity index (χ2v) is 10.3. The summed E-state index contributed by atoms with van der Waals surface area (Å²) < 4.78 is 0. The van der Waals surface area contributed by atoms with Gasteiger partial charge in [0.15, 0.2) is 0 Å². The average molecular weight is 412 g/mol. The Morgan fingerprint density at radius 1 is 1.29 bits per heavy atom. The molecule has 146 valence electrons. The first-order valence-electron chi connectivity index (χ1n) is 10.1. The van der Waals surface area contributed by atoms with Gasteiger partial charge in [0, 0.05) is 15.8 Å². The number of aromatic nitrogens is 2. The SMILES string of the molecule is C[C@H]1CCc2c(sc3nc([C@@H](C)N[C@@H]4CCSc5ccccc54)[nH]c(=O)c23)C1. The first kappa shape index (κ1) is 18.4. The molecule has 4 nitrogen and oxygen atoms in total. The highest BCUT2D eigenvalue weighted by molar-refractivity contribution is 7.99. The van der Waals surface area contributed by atoms with E-state index in [0.717, 1.165) is 47.5 Å². The van der Waals surface area contributed by atoms with Gasteiger partial charge in [-0.3, -0.25) is 4.79 Å². The number of benzene rings is 1. The Labute approximate surface area is 173 Å². The molecule has 2 N–H and O–H groups in total. The zero-order valence-corrected chi connectivity index (χ0v) is 17.9. The van der Waals surface area contributed by atoms with E-state index in [1.807, 2.05) is 11.8 Å². The third-order valence-electron chi connectivity index (χ3n) is 6.00. The number of thiophene rings is 1. The number of rotatable bonds is 3. The first-order chi connectivity index (χ1) is 13.6. The summed E-state index contributed by atoms with van der Waals surface area (Å²) in [6.45, 7) is 4.40. The van der Waals surface area contributed by atoms with Crippen molar-refractivity contribution in [3.05, 3.63) is 56.4 Å². The molecule has 0 radical (unpaired) electrons. The minimum Gasteiger partial charge on any atom is -0.309 e. The monoisotopic (exact) mass is 411 g/mol. The van der Waals surface area contributed by atoms with Gasteiger partial charge in [-0.2, -0.15) is 0 Å². The largest absolute Gasteiger partial charge is 0.309 e. The second-order valence-electron chi connectivity index (χ2n) is 8.10. The molecule has 1 aliphatic heterocycles. The van der Waals surface area contributed by atoms with Crippen molar-refractivity contribution in [1.29, 1.82) is 0 Å². The highest BCUT2D eigenvalue weighted by Crippen LogP contribution is 2.38. The predicted octanol–water partition coefficient (Wildman–Crippen LogP) is 5.00. The standard InChI is InChI=1S/C22H25N3OS2/c1-12-7-8-15-18(11-12)28-22-19(15)21(26)24-20(25-22)13(2)23-16-9-10-27-17-6-4-3-5-14(16)17/h3-6,12-13,16,23H,7-11H2,1-2H3,(H,24,25,26)/t12-,13+,16+/m0/s1. The lowest BCUT2D eigenvalue weighted by Gasteiger charge is -2.28. The Balaban J connectivity index is 1.46. The number of aromatic amines is 1. The third kappa shape index (κ3) is 3.21.